The van der Waals surface area contributed by atoms with Crippen molar-refractivity contribution < 1.29 is 23.4 Å². The number of fused-ring (bicyclic) bond motifs is 1. The molecule has 0 unspecified atom stereocenters. The number of halogens is 5. The van der Waals surface area contributed by atoms with Gasteiger partial charge in [0.2, 0.25) is 0 Å². The van der Waals surface area contributed by atoms with Gasteiger partial charge in [0.1, 0.15) is 11.4 Å². The summed E-state index contributed by atoms with van der Waals surface area (Å²) >= 11 is 0. The summed E-state index contributed by atoms with van der Waals surface area (Å²) in [5.74, 6) is -0.0364. The molecule has 3 N–H and O–H groups in total. The van der Waals surface area contributed by atoms with Gasteiger partial charge in [-0.3, -0.25) is 4.98 Å². The zero-order chi connectivity index (χ0) is 20.6. The van der Waals surface area contributed by atoms with Crippen LogP contribution in [0.5, 0.6) is 5.75 Å². The molecule has 0 bridgehead atoms. The van der Waals surface area contributed by atoms with Gasteiger partial charge < -0.3 is 15.5 Å². The third kappa shape index (κ3) is 5.28. The fourth-order valence-electron chi connectivity index (χ4n) is 3.70. The number of phenols is 1. The number of benzene rings is 1. The van der Waals surface area contributed by atoms with Gasteiger partial charge in [-0.25, -0.2) is 0 Å². The van der Waals surface area contributed by atoms with Crippen LogP contribution in [0, 0.1) is 0 Å². The number of aromatic nitrogens is 3. The molecule has 168 valence electrons. The van der Waals surface area contributed by atoms with Gasteiger partial charge >= 0.3 is 6.18 Å². The molecule has 11 heteroatoms. The van der Waals surface area contributed by atoms with Crippen LogP contribution in [0.25, 0.3) is 22.0 Å². The largest absolute Gasteiger partial charge is 0.507 e. The van der Waals surface area contributed by atoms with Crippen LogP contribution in [0.15, 0.2) is 36.7 Å². The fraction of sp³-hybridized carbons (Fsp3) is 0.350. The van der Waals surface area contributed by atoms with Gasteiger partial charge in [-0.1, -0.05) is 0 Å². The van der Waals surface area contributed by atoms with Gasteiger partial charge in [-0.05, 0) is 49.9 Å². The van der Waals surface area contributed by atoms with Crippen molar-refractivity contribution in [3.05, 3.63) is 42.2 Å². The predicted octanol–water partition coefficient (Wildman–Crippen LogP) is 4.98. The van der Waals surface area contributed by atoms with Crippen molar-refractivity contribution >= 4 is 41.4 Å². The highest BCUT2D eigenvalue weighted by Crippen LogP contribution is 2.38. The number of hydrogen-bond acceptors (Lipinski definition) is 6. The molecular weight excluding hydrogens is 456 g/mol. The molecule has 1 aliphatic carbocycles. The molecule has 2 atom stereocenters. The van der Waals surface area contributed by atoms with Gasteiger partial charge in [0.15, 0.2) is 5.82 Å². The van der Waals surface area contributed by atoms with E-state index in [1.165, 1.54) is 6.07 Å². The van der Waals surface area contributed by atoms with Gasteiger partial charge in [0.25, 0.3) is 0 Å². The van der Waals surface area contributed by atoms with Crippen LogP contribution in [0.3, 0.4) is 0 Å². The summed E-state index contributed by atoms with van der Waals surface area (Å²) in [5.41, 5.74) is -0.518. The summed E-state index contributed by atoms with van der Waals surface area (Å²) < 4.78 is 38.7. The zero-order valence-electron chi connectivity index (χ0n) is 16.1. The minimum atomic E-state index is -4.55. The monoisotopic (exact) mass is 476 g/mol. The topological polar surface area (TPSA) is 91.2 Å². The number of aromatic hydroxyl groups is 1. The van der Waals surface area contributed by atoms with Crippen molar-refractivity contribution in [1.29, 1.82) is 0 Å². The van der Waals surface area contributed by atoms with Crippen LogP contribution < -0.4 is 5.32 Å². The number of rotatable bonds is 3. The van der Waals surface area contributed by atoms with Crippen molar-refractivity contribution in [2.45, 2.75) is 44.0 Å². The van der Waals surface area contributed by atoms with E-state index < -0.39 is 17.5 Å². The Morgan fingerprint density at radius 1 is 1.03 bits per heavy atom. The van der Waals surface area contributed by atoms with E-state index in [0.29, 0.717) is 29.1 Å². The number of alkyl halides is 3. The molecule has 2 heterocycles. The Hall–Kier alpha value is -2.36. The lowest BCUT2D eigenvalue weighted by Gasteiger charge is -2.27. The molecule has 31 heavy (non-hydrogen) atoms. The van der Waals surface area contributed by atoms with Crippen LogP contribution >= 0.6 is 24.8 Å². The quantitative estimate of drug-likeness (QED) is 0.493. The Labute approximate surface area is 188 Å². The van der Waals surface area contributed by atoms with Crippen molar-refractivity contribution in [2.75, 3.05) is 5.32 Å². The first-order valence-corrected chi connectivity index (χ1v) is 9.28. The first-order valence-electron chi connectivity index (χ1n) is 9.28. The number of pyridine rings is 1. The number of phenolic OH excluding ortho intramolecular Hbond substituents is 1. The van der Waals surface area contributed by atoms with Gasteiger partial charge in [-0.2, -0.15) is 13.2 Å². The van der Waals surface area contributed by atoms with Crippen LogP contribution in [0.2, 0.25) is 0 Å². The second kappa shape index (κ2) is 9.84. The second-order valence-corrected chi connectivity index (χ2v) is 7.21. The van der Waals surface area contributed by atoms with E-state index in [0.717, 1.165) is 25.3 Å². The van der Waals surface area contributed by atoms with Crippen LogP contribution in [-0.2, 0) is 6.18 Å². The third-order valence-corrected chi connectivity index (χ3v) is 5.15. The van der Waals surface area contributed by atoms with Crippen LogP contribution in [0.4, 0.5) is 19.0 Å². The summed E-state index contributed by atoms with van der Waals surface area (Å²) in [7, 11) is 0. The highest BCUT2D eigenvalue weighted by atomic mass is 35.5. The van der Waals surface area contributed by atoms with E-state index >= 15 is 0 Å². The second-order valence-electron chi connectivity index (χ2n) is 7.21. The maximum atomic E-state index is 12.9. The van der Waals surface area contributed by atoms with E-state index in [1.54, 1.807) is 18.5 Å². The molecule has 0 spiro atoms. The first-order chi connectivity index (χ1) is 13.8. The lowest BCUT2D eigenvalue weighted by molar-refractivity contribution is -0.137. The summed E-state index contributed by atoms with van der Waals surface area (Å²) in [6.45, 7) is 0. The Kier molecular flexibility index (Phi) is 7.91. The maximum absolute atomic E-state index is 12.9. The van der Waals surface area contributed by atoms with E-state index in [4.69, 9.17) is 0 Å². The molecule has 6 nitrogen and oxygen atoms in total. The minimum absolute atomic E-state index is 0. The molecular formula is C20H21Cl2F3N4O2. The summed E-state index contributed by atoms with van der Waals surface area (Å²) in [5, 5.41) is 33.0. The number of nitrogens with one attached hydrogen (secondary N) is 1. The van der Waals surface area contributed by atoms with Gasteiger partial charge in [-0.15, -0.1) is 35.0 Å². The first kappa shape index (κ1) is 24.9. The number of aliphatic hydroxyl groups is 1. The molecule has 2 aromatic heterocycles. The van der Waals surface area contributed by atoms with Crippen molar-refractivity contribution in [3.8, 4) is 17.0 Å². The van der Waals surface area contributed by atoms with E-state index in [2.05, 4.69) is 20.5 Å². The summed E-state index contributed by atoms with van der Waals surface area (Å²) in [6, 6.07) is 4.49. The molecule has 3 aromatic rings. The highest BCUT2D eigenvalue weighted by molar-refractivity contribution is 6.00. The zero-order valence-corrected chi connectivity index (χ0v) is 17.8. The Morgan fingerprint density at radius 3 is 2.48 bits per heavy atom. The molecule has 1 aliphatic rings. The number of anilines is 1. The van der Waals surface area contributed by atoms with Gasteiger partial charge in [0, 0.05) is 34.8 Å². The predicted molar refractivity (Wildman–Crippen MR) is 116 cm³/mol. The average Bonchev–Trinajstić information content (AvgIpc) is 2.68. The SMILES string of the molecule is Cl.Cl.Oc1cc(C(F)(F)F)ccc1-c1nnc(N[C@@H]2CCC[C@H](O)C2)c2cnccc12. The summed E-state index contributed by atoms with van der Waals surface area (Å²) in [6.07, 6.45) is 1.40. The number of aliphatic hydroxyl groups excluding tert-OH is 1. The fourth-order valence-corrected chi connectivity index (χ4v) is 3.70. The summed E-state index contributed by atoms with van der Waals surface area (Å²) in [4.78, 5) is 4.12. The molecule has 1 saturated carbocycles. The van der Waals surface area contributed by atoms with E-state index in [9.17, 15) is 23.4 Å². The molecule has 0 aliphatic heterocycles. The lowest BCUT2D eigenvalue weighted by Crippen LogP contribution is -2.30. The highest BCUT2D eigenvalue weighted by Gasteiger charge is 2.31. The maximum Gasteiger partial charge on any atom is 0.416 e. The minimum Gasteiger partial charge on any atom is -0.507 e. The molecule has 0 saturated heterocycles. The van der Waals surface area contributed by atoms with E-state index in [1.807, 2.05) is 0 Å². The van der Waals surface area contributed by atoms with E-state index in [-0.39, 0.29) is 48.2 Å². The van der Waals surface area contributed by atoms with Crippen molar-refractivity contribution in [3.63, 3.8) is 0 Å². The third-order valence-electron chi connectivity index (χ3n) is 5.15. The molecule has 1 aromatic carbocycles. The van der Waals surface area contributed by atoms with Gasteiger partial charge in [0.05, 0.1) is 11.7 Å². The Balaban J connectivity index is 0.00000171. The average molecular weight is 477 g/mol. The molecule has 4 rings (SSSR count). The normalized spacial score (nSPS) is 18.7. The molecule has 1 fully saturated rings. The number of nitrogens with zero attached hydrogens (tertiary/aromatic N) is 3. The molecule has 0 amide bonds. The standard InChI is InChI=1S/C20H19F3N4O2.2ClH/c21-20(22,23)11-4-5-15(17(29)8-11)18-14-6-7-24-10-16(14)19(27-26-18)25-12-2-1-3-13(28)9-12;;/h4-8,10,12-13,28-29H,1-3,9H2,(H,25,27);2*1H/t12-,13+;;/m1../s1. The Morgan fingerprint density at radius 2 is 1.81 bits per heavy atom. The van der Waals surface area contributed by atoms with Crippen molar-refractivity contribution in [1.82, 2.24) is 15.2 Å². The van der Waals surface area contributed by atoms with Crippen LogP contribution in [-0.4, -0.2) is 37.5 Å². The van der Waals surface area contributed by atoms with Crippen molar-refractivity contribution in [2.24, 2.45) is 0 Å². The Bertz CT molecular complexity index is 1050. The lowest BCUT2D eigenvalue weighted by atomic mass is 9.93. The smallest absolute Gasteiger partial charge is 0.416 e. The van der Waals surface area contributed by atoms with Crippen LogP contribution in [0.1, 0.15) is 31.2 Å². The number of hydrogen-bond donors (Lipinski definition) is 3. The molecule has 0 radical (unpaired) electrons.